The van der Waals surface area contributed by atoms with E-state index < -0.39 is 0 Å². The lowest BCUT2D eigenvalue weighted by Gasteiger charge is -2.36. The van der Waals surface area contributed by atoms with E-state index in [1.165, 1.54) is 17.0 Å². The van der Waals surface area contributed by atoms with Gasteiger partial charge < -0.3 is 9.80 Å². The van der Waals surface area contributed by atoms with Crippen LogP contribution in [0.1, 0.15) is 4.88 Å². The summed E-state index contributed by atoms with van der Waals surface area (Å²) in [5.41, 5.74) is 1.04. The second kappa shape index (κ2) is 7.77. The molecule has 2 aromatic rings. The van der Waals surface area contributed by atoms with E-state index in [-0.39, 0.29) is 11.7 Å². The fourth-order valence-electron chi connectivity index (χ4n) is 2.85. The summed E-state index contributed by atoms with van der Waals surface area (Å²) >= 11 is 1.67. The second-order valence-electron chi connectivity index (χ2n) is 6.07. The summed E-state index contributed by atoms with van der Waals surface area (Å²) in [6.45, 7) is 4.53. The van der Waals surface area contributed by atoms with Crippen molar-refractivity contribution in [1.29, 1.82) is 0 Å². The zero-order valence-corrected chi connectivity index (χ0v) is 14.6. The van der Waals surface area contributed by atoms with Gasteiger partial charge in [-0.3, -0.25) is 9.69 Å². The van der Waals surface area contributed by atoms with Crippen molar-refractivity contribution in [2.45, 2.75) is 6.54 Å². The Labute approximate surface area is 146 Å². The van der Waals surface area contributed by atoms with Gasteiger partial charge in [0.05, 0.1) is 13.1 Å². The van der Waals surface area contributed by atoms with Gasteiger partial charge in [-0.2, -0.15) is 0 Å². The summed E-state index contributed by atoms with van der Waals surface area (Å²) in [5.74, 6) is -0.0598. The van der Waals surface area contributed by atoms with Crippen molar-refractivity contribution >= 4 is 22.9 Å². The zero-order chi connectivity index (χ0) is 16.9. The third kappa shape index (κ3) is 4.33. The Morgan fingerprint density at radius 2 is 1.88 bits per heavy atom. The molecule has 3 rings (SSSR count). The molecule has 0 saturated carbocycles. The number of nitrogens with zero attached hydrogens (tertiary/aromatic N) is 3. The molecule has 0 bridgehead atoms. The van der Waals surface area contributed by atoms with Crippen LogP contribution < -0.4 is 4.90 Å². The van der Waals surface area contributed by atoms with Gasteiger partial charge in [-0.15, -0.1) is 11.3 Å². The van der Waals surface area contributed by atoms with Crippen molar-refractivity contribution in [2.24, 2.45) is 0 Å². The molecule has 4 nitrogen and oxygen atoms in total. The highest BCUT2D eigenvalue weighted by molar-refractivity contribution is 7.09. The number of piperazine rings is 1. The molecule has 2 heterocycles. The summed E-state index contributed by atoms with van der Waals surface area (Å²) in [5, 5.41) is 2.03. The van der Waals surface area contributed by atoms with E-state index in [0.717, 1.165) is 31.9 Å². The highest BCUT2D eigenvalue weighted by Crippen LogP contribution is 2.17. The van der Waals surface area contributed by atoms with Crippen molar-refractivity contribution in [2.75, 3.05) is 44.7 Å². The molecular weight excluding hydrogens is 325 g/mol. The topological polar surface area (TPSA) is 26.8 Å². The number of anilines is 1. The highest BCUT2D eigenvalue weighted by atomic mass is 32.1. The first-order valence-corrected chi connectivity index (χ1v) is 8.99. The number of benzene rings is 1. The van der Waals surface area contributed by atoms with Crippen molar-refractivity contribution < 1.29 is 9.18 Å². The number of hydrogen-bond acceptors (Lipinski definition) is 4. The minimum absolute atomic E-state index is 0.152. The molecule has 0 atom stereocenters. The minimum atomic E-state index is -0.211. The van der Waals surface area contributed by atoms with Crippen LogP contribution in [-0.2, 0) is 11.3 Å². The van der Waals surface area contributed by atoms with E-state index in [1.54, 1.807) is 16.2 Å². The third-order valence-corrected chi connectivity index (χ3v) is 5.18. The molecule has 6 heteroatoms. The van der Waals surface area contributed by atoms with Gasteiger partial charge in [-0.25, -0.2) is 4.39 Å². The number of thiophene rings is 1. The standard InChI is InChI=1S/C18H22FN3OS/c1-20(13-17-3-2-12-24-17)18(23)14-21-8-10-22(11-9-21)16-6-4-15(19)5-7-16/h2-7,12H,8-11,13-14H2,1H3. The molecule has 1 aromatic carbocycles. The van der Waals surface area contributed by atoms with Crippen LogP contribution in [0.15, 0.2) is 41.8 Å². The quantitative estimate of drug-likeness (QED) is 0.832. The van der Waals surface area contributed by atoms with Crippen LogP contribution in [0.4, 0.5) is 10.1 Å². The Kier molecular flexibility index (Phi) is 5.48. The summed E-state index contributed by atoms with van der Waals surface area (Å²) in [7, 11) is 1.86. The average molecular weight is 347 g/mol. The largest absolute Gasteiger partial charge is 0.369 e. The Hall–Kier alpha value is -1.92. The van der Waals surface area contributed by atoms with Gasteiger partial charge in [0.15, 0.2) is 0 Å². The van der Waals surface area contributed by atoms with Crippen LogP contribution in [0.5, 0.6) is 0 Å². The molecule has 1 fully saturated rings. The van der Waals surface area contributed by atoms with Crippen molar-refractivity contribution in [3.05, 3.63) is 52.5 Å². The van der Waals surface area contributed by atoms with Crippen LogP contribution in [0.3, 0.4) is 0 Å². The first-order valence-electron chi connectivity index (χ1n) is 8.11. The summed E-state index contributed by atoms with van der Waals surface area (Å²) < 4.78 is 13.0. The van der Waals surface area contributed by atoms with Gasteiger partial charge in [0.1, 0.15) is 5.82 Å². The predicted molar refractivity (Wildman–Crippen MR) is 95.8 cm³/mol. The van der Waals surface area contributed by atoms with Gasteiger partial charge in [0.2, 0.25) is 5.91 Å². The van der Waals surface area contributed by atoms with Crippen LogP contribution in [0.2, 0.25) is 0 Å². The SMILES string of the molecule is CN(Cc1cccs1)C(=O)CN1CCN(c2ccc(F)cc2)CC1. The molecule has 1 aliphatic rings. The van der Waals surface area contributed by atoms with Gasteiger partial charge in [-0.05, 0) is 35.7 Å². The molecule has 0 N–H and O–H groups in total. The molecule has 0 spiro atoms. The van der Waals surface area contributed by atoms with E-state index in [1.807, 2.05) is 30.6 Å². The molecule has 128 valence electrons. The first kappa shape index (κ1) is 16.9. The Morgan fingerprint density at radius 3 is 2.50 bits per heavy atom. The fraction of sp³-hybridized carbons (Fsp3) is 0.389. The predicted octanol–water partition coefficient (Wildman–Crippen LogP) is 2.67. The molecular formula is C18H22FN3OS. The summed E-state index contributed by atoms with van der Waals surface area (Å²) in [6, 6.07) is 10.7. The monoisotopic (exact) mass is 347 g/mol. The van der Waals surface area contributed by atoms with Crippen LogP contribution in [-0.4, -0.2) is 55.5 Å². The maximum atomic E-state index is 13.0. The highest BCUT2D eigenvalue weighted by Gasteiger charge is 2.20. The van der Waals surface area contributed by atoms with Crippen LogP contribution >= 0.6 is 11.3 Å². The molecule has 0 aliphatic carbocycles. The second-order valence-corrected chi connectivity index (χ2v) is 7.10. The van der Waals surface area contributed by atoms with Crippen molar-refractivity contribution in [3.63, 3.8) is 0 Å². The minimum Gasteiger partial charge on any atom is -0.369 e. The number of carbonyl (C=O) groups excluding carboxylic acids is 1. The van der Waals surface area contributed by atoms with Crippen molar-refractivity contribution in [1.82, 2.24) is 9.80 Å². The number of rotatable bonds is 5. The number of likely N-dealkylation sites (N-methyl/N-ethyl adjacent to an activating group) is 1. The van der Waals surface area contributed by atoms with Crippen molar-refractivity contribution in [3.8, 4) is 0 Å². The Morgan fingerprint density at radius 1 is 1.17 bits per heavy atom. The summed E-state index contributed by atoms with van der Waals surface area (Å²) in [6.07, 6.45) is 0. The van der Waals surface area contributed by atoms with Crippen LogP contribution in [0.25, 0.3) is 0 Å². The van der Waals surface area contributed by atoms with E-state index >= 15 is 0 Å². The molecule has 0 unspecified atom stereocenters. The van der Waals surface area contributed by atoms with Gasteiger partial charge in [-0.1, -0.05) is 6.07 Å². The van der Waals surface area contributed by atoms with Gasteiger partial charge >= 0.3 is 0 Å². The molecule has 1 saturated heterocycles. The van der Waals surface area contributed by atoms with Gasteiger partial charge in [0, 0.05) is 43.8 Å². The maximum Gasteiger partial charge on any atom is 0.236 e. The lowest BCUT2D eigenvalue weighted by atomic mass is 10.2. The van der Waals surface area contributed by atoms with E-state index in [9.17, 15) is 9.18 Å². The Balaban J connectivity index is 1.46. The van der Waals surface area contributed by atoms with E-state index in [4.69, 9.17) is 0 Å². The van der Waals surface area contributed by atoms with E-state index in [2.05, 4.69) is 15.9 Å². The molecule has 1 amide bonds. The normalized spacial score (nSPS) is 15.5. The smallest absolute Gasteiger partial charge is 0.236 e. The molecule has 1 aliphatic heterocycles. The first-order chi connectivity index (χ1) is 11.6. The van der Waals surface area contributed by atoms with Crippen LogP contribution in [0, 0.1) is 5.82 Å². The number of hydrogen-bond donors (Lipinski definition) is 0. The average Bonchev–Trinajstić information content (AvgIpc) is 3.09. The number of carbonyl (C=O) groups is 1. The van der Waals surface area contributed by atoms with E-state index in [0.29, 0.717) is 13.1 Å². The number of amides is 1. The number of halogens is 1. The lowest BCUT2D eigenvalue weighted by molar-refractivity contribution is -0.131. The molecule has 0 radical (unpaired) electrons. The zero-order valence-electron chi connectivity index (χ0n) is 13.8. The maximum absolute atomic E-state index is 13.0. The molecule has 1 aromatic heterocycles. The molecule has 24 heavy (non-hydrogen) atoms. The third-order valence-electron chi connectivity index (χ3n) is 4.32. The lowest BCUT2D eigenvalue weighted by Crippen LogP contribution is -2.49. The Bertz CT molecular complexity index is 651. The summed E-state index contributed by atoms with van der Waals surface area (Å²) in [4.78, 5) is 19.8. The van der Waals surface area contributed by atoms with Gasteiger partial charge in [0.25, 0.3) is 0 Å². The fourth-order valence-corrected chi connectivity index (χ4v) is 3.61.